The topological polar surface area (TPSA) is 64.0 Å². The molecule has 0 aliphatic rings. The molecule has 0 atom stereocenters. The van der Waals surface area contributed by atoms with Crippen molar-refractivity contribution in [3.63, 3.8) is 0 Å². The number of carbonyl (C=O) groups is 2. The molecule has 2 aromatic carbocycles. The number of aryl methyl sites for hydroxylation is 2. The molecule has 3 rings (SSSR count). The van der Waals surface area contributed by atoms with Crippen LogP contribution in [0.1, 0.15) is 39.0 Å². The Morgan fingerprint density at radius 1 is 1.15 bits per heavy atom. The quantitative estimate of drug-likeness (QED) is 0.554. The molecule has 0 aliphatic heterocycles. The van der Waals surface area contributed by atoms with E-state index < -0.39 is 0 Å². The van der Waals surface area contributed by atoms with Crippen LogP contribution in [0.4, 0.5) is 5.69 Å². The molecule has 0 spiro atoms. The zero-order valence-corrected chi connectivity index (χ0v) is 17.1. The van der Waals surface area contributed by atoms with Crippen molar-refractivity contribution in [1.82, 2.24) is 9.78 Å². The monoisotopic (exact) mass is 445 g/mol. The first-order chi connectivity index (χ1) is 12.9. The number of carbonyl (C=O) groups excluding carboxylic acids is 2. The maximum absolute atomic E-state index is 13.0. The molecule has 0 unspecified atom stereocenters. The predicted octanol–water partition coefficient (Wildman–Crippen LogP) is 5.11. The minimum atomic E-state index is -0.326. The number of hydrogen-bond acceptors (Lipinski definition) is 3. The maximum Gasteiger partial charge on any atom is 0.273 e. The lowest BCUT2D eigenvalue weighted by molar-refractivity contribution is 0.101. The summed E-state index contributed by atoms with van der Waals surface area (Å²) in [5, 5.41) is 7.47. The van der Waals surface area contributed by atoms with Crippen LogP contribution >= 0.6 is 27.5 Å². The Bertz CT molecular complexity index is 1030. The van der Waals surface area contributed by atoms with E-state index >= 15 is 0 Å². The molecule has 27 heavy (non-hydrogen) atoms. The van der Waals surface area contributed by atoms with Crippen LogP contribution in [0.15, 0.2) is 53.0 Å². The lowest BCUT2D eigenvalue weighted by Crippen LogP contribution is -2.19. The number of benzene rings is 2. The number of nitrogens with one attached hydrogen (secondary N) is 1. The van der Waals surface area contributed by atoms with Gasteiger partial charge in [0.15, 0.2) is 5.78 Å². The molecule has 0 saturated heterocycles. The summed E-state index contributed by atoms with van der Waals surface area (Å²) in [5.41, 5.74) is 2.33. The number of hydrogen-bond donors (Lipinski definition) is 1. The van der Waals surface area contributed by atoms with Gasteiger partial charge in [0.1, 0.15) is 5.69 Å². The summed E-state index contributed by atoms with van der Waals surface area (Å²) in [5.74, 6) is -0.592. The van der Waals surface area contributed by atoms with Crippen molar-refractivity contribution in [3.05, 3.63) is 80.5 Å². The third-order valence-corrected chi connectivity index (χ3v) is 4.85. The molecule has 5 nitrogen and oxygen atoms in total. The van der Waals surface area contributed by atoms with Gasteiger partial charge < -0.3 is 5.32 Å². The Kier molecular flexibility index (Phi) is 5.77. The number of amides is 1. The molecule has 3 aromatic rings. The third kappa shape index (κ3) is 4.12. The van der Waals surface area contributed by atoms with E-state index in [1.54, 1.807) is 53.2 Å². The summed E-state index contributed by atoms with van der Waals surface area (Å²) in [7, 11) is 0. The molecule has 0 radical (unpaired) electrons. The van der Waals surface area contributed by atoms with Crippen LogP contribution in [0.3, 0.4) is 0 Å². The molecule has 0 bridgehead atoms. The second-order valence-electron chi connectivity index (χ2n) is 5.94. The van der Waals surface area contributed by atoms with Crippen LogP contribution in [0.2, 0.25) is 5.02 Å². The van der Waals surface area contributed by atoms with Crippen molar-refractivity contribution in [1.29, 1.82) is 0 Å². The van der Waals surface area contributed by atoms with Gasteiger partial charge in [-0.05, 0) is 50.2 Å². The van der Waals surface area contributed by atoms with Crippen molar-refractivity contribution < 1.29 is 9.59 Å². The average Bonchev–Trinajstić information content (AvgIpc) is 3.04. The summed E-state index contributed by atoms with van der Waals surface area (Å²) in [6, 6.07) is 13.7. The van der Waals surface area contributed by atoms with Crippen LogP contribution in [0, 0.1) is 6.92 Å². The molecule has 1 N–H and O–H groups in total. The number of aromatic nitrogens is 2. The van der Waals surface area contributed by atoms with Gasteiger partial charge in [0.25, 0.3) is 5.91 Å². The Labute approximate surface area is 170 Å². The number of nitrogens with zero attached hydrogens (tertiary/aromatic N) is 2. The van der Waals surface area contributed by atoms with E-state index in [9.17, 15) is 9.59 Å². The number of anilines is 1. The van der Waals surface area contributed by atoms with Crippen molar-refractivity contribution in [3.8, 4) is 0 Å². The van der Waals surface area contributed by atoms with Gasteiger partial charge in [0.05, 0.1) is 16.4 Å². The number of halogens is 2. The molecule has 1 amide bonds. The SMILES string of the molecule is CCn1nc(C)cc1C(=O)Nc1ccc(Br)cc1C(=O)c1ccccc1Cl. The lowest BCUT2D eigenvalue weighted by atomic mass is 10.0. The van der Waals surface area contributed by atoms with Gasteiger partial charge in [-0.15, -0.1) is 0 Å². The highest BCUT2D eigenvalue weighted by Crippen LogP contribution is 2.27. The number of ketones is 1. The van der Waals surface area contributed by atoms with Crippen molar-refractivity contribution >= 4 is 44.9 Å². The van der Waals surface area contributed by atoms with Crippen LogP contribution in [0.5, 0.6) is 0 Å². The van der Waals surface area contributed by atoms with Gasteiger partial charge in [0.2, 0.25) is 0 Å². The van der Waals surface area contributed by atoms with E-state index in [-0.39, 0.29) is 11.7 Å². The van der Waals surface area contributed by atoms with Gasteiger partial charge in [0, 0.05) is 22.1 Å². The summed E-state index contributed by atoms with van der Waals surface area (Å²) in [4.78, 5) is 25.8. The summed E-state index contributed by atoms with van der Waals surface area (Å²) in [6.45, 7) is 4.31. The predicted molar refractivity (Wildman–Crippen MR) is 110 cm³/mol. The third-order valence-electron chi connectivity index (χ3n) is 4.03. The normalized spacial score (nSPS) is 10.7. The average molecular weight is 447 g/mol. The Morgan fingerprint density at radius 2 is 1.89 bits per heavy atom. The van der Waals surface area contributed by atoms with E-state index in [2.05, 4.69) is 26.3 Å². The highest BCUT2D eigenvalue weighted by atomic mass is 79.9. The van der Waals surface area contributed by atoms with E-state index in [0.29, 0.717) is 34.1 Å². The molecule has 138 valence electrons. The fourth-order valence-electron chi connectivity index (χ4n) is 2.76. The first kappa shape index (κ1) is 19.3. The zero-order chi connectivity index (χ0) is 19.6. The fourth-order valence-corrected chi connectivity index (χ4v) is 3.34. The first-order valence-corrected chi connectivity index (χ1v) is 9.52. The molecule has 0 aliphatic carbocycles. The van der Waals surface area contributed by atoms with Gasteiger partial charge in [-0.3, -0.25) is 14.3 Å². The molecule has 7 heteroatoms. The highest BCUT2D eigenvalue weighted by Gasteiger charge is 2.20. The summed E-state index contributed by atoms with van der Waals surface area (Å²) < 4.78 is 2.35. The second-order valence-corrected chi connectivity index (χ2v) is 7.26. The molecule has 1 heterocycles. The second kappa shape index (κ2) is 8.06. The standard InChI is InChI=1S/C20H17BrClN3O2/c1-3-25-18(10-12(2)24-25)20(27)23-17-9-8-13(21)11-15(17)19(26)14-6-4-5-7-16(14)22/h4-11H,3H2,1-2H3,(H,23,27). The molecule has 0 fully saturated rings. The first-order valence-electron chi connectivity index (χ1n) is 8.35. The summed E-state index contributed by atoms with van der Waals surface area (Å²) >= 11 is 9.55. The minimum absolute atomic E-state index is 0.266. The van der Waals surface area contributed by atoms with Gasteiger partial charge in [-0.2, -0.15) is 5.10 Å². The largest absolute Gasteiger partial charge is 0.320 e. The molecular weight excluding hydrogens is 430 g/mol. The van der Waals surface area contributed by atoms with Gasteiger partial charge >= 0.3 is 0 Å². The minimum Gasteiger partial charge on any atom is -0.320 e. The smallest absolute Gasteiger partial charge is 0.273 e. The van der Waals surface area contributed by atoms with Gasteiger partial charge in [-0.1, -0.05) is 39.7 Å². The van der Waals surface area contributed by atoms with E-state index in [1.165, 1.54) is 0 Å². The van der Waals surface area contributed by atoms with E-state index in [1.807, 2.05) is 13.8 Å². The zero-order valence-electron chi connectivity index (χ0n) is 14.8. The Hall–Kier alpha value is -2.44. The van der Waals surface area contributed by atoms with Crippen molar-refractivity contribution in [2.45, 2.75) is 20.4 Å². The van der Waals surface area contributed by atoms with Crippen LogP contribution in [0.25, 0.3) is 0 Å². The Balaban J connectivity index is 1.98. The van der Waals surface area contributed by atoms with E-state index in [0.717, 1.165) is 10.2 Å². The Morgan fingerprint density at radius 3 is 2.59 bits per heavy atom. The molecule has 1 aromatic heterocycles. The lowest BCUT2D eigenvalue weighted by Gasteiger charge is -2.12. The fraction of sp³-hybridized carbons (Fsp3) is 0.150. The summed E-state index contributed by atoms with van der Waals surface area (Å²) in [6.07, 6.45) is 0. The van der Waals surface area contributed by atoms with Crippen LogP contribution in [-0.4, -0.2) is 21.5 Å². The number of rotatable bonds is 5. The van der Waals surface area contributed by atoms with Crippen LogP contribution < -0.4 is 5.32 Å². The molecular formula is C20H17BrClN3O2. The van der Waals surface area contributed by atoms with E-state index in [4.69, 9.17) is 11.6 Å². The van der Waals surface area contributed by atoms with Crippen molar-refractivity contribution in [2.75, 3.05) is 5.32 Å². The van der Waals surface area contributed by atoms with Gasteiger partial charge in [-0.25, -0.2) is 0 Å². The highest BCUT2D eigenvalue weighted by molar-refractivity contribution is 9.10. The van der Waals surface area contributed by atoms with Crippen LogP contribution in [-0.2, 0) is 6.54 Å². The molecule has 0 saturated carbocycles. The maximum atomic E-state index is 13.0. The van der Waals surface area contributed by atoms with Crippen molar-refractivity contribution in [2.24, 2.45) is 0 Å².